The number of nitrogens with zero attached hydrogens (tertiary/aromatic N) is 3. The van der Waals surface area contributed by atoms with Gasteiger partial charge >= 0.3 is 0 Å². The molecule has 5 nitrogen and oxygen atoms in total. The van der Waals surface area contributed by atoms with Crippen LogP contribution < -0.4 is 5.56 Å². The minimum absolute atomic E-state index is 0.260. The topological polar surface area (TPSA) is 71.5 Å². The molecule has 0 aliphatic rings. The molecule has 0 saturated heterocycles. The normalized spacial score (nSPS) is 10.6. The maximum atomic E-state index is 11.8. The van der Waals surface area contributed by atoms with Crippen molar-refractivity contribution in [1.29, 1.82) is 0 Å². The van der Waals surface area contributed by atoms with Crippen molar-refractivity contribution in [1.82, 2.24) is 19.9 Å². The molecule has 0 aliphatic heterocycles. The zero-order valence-electron chi connectivity index (χ0n) is 8.79. The van der Waals surface area contributed by atoms with Gasteiger partial charge in [0.1, 0.15) is 11.2 Å². The Balaban J connectivity index is 2.31. The highest BCUT2D eigenvalue weighted by Gasteiger charge is 2.07. The standard InChI is InChI=1S/C12H8N4O/c17-12-10(8-3-1-5-13-7-8)15-9-4-2-6-14-11(9)16-12/h1-7H,(H,14,16,17). The third-order valence-corrected chi connectivity index (χ3v) is 2.40. The molecule has 0 unspecified atom stereocenters. The Kier molecular flexibility index (Phi) is 2.15. The van der Waals surface area contributed by atoms with Crippen LogP contribution in [0, 0.1) is 0 Å². The second kappa shape index (κ2) is 3.79. The van der Waals surface area contributed by atoms with E-state index >= 15 is 0 Å². The highest BCUT2D eigenvalue weighted by atomic mass is 16.1. The van der Waals surface area contributed by atoms with Crippen LogP contribution in [0.5, 0.6) is 0 Å². The fourth-order valence-electron chi connectivity index (χ4n) is 1.62. The zero-order chi connectivity index (χ0) is 11.7. The lowest BCUT2D eigenvalue weighted by Gasteiger charge is -2.00. The van der Waals surface area contributed by atoms with E-state index in [1.807, 2.05) is 0 Å². The molecule has 0 atom stereocenters. The minimum atomic E-state index is -0.260. The molecular formula is C12H8N4O. The van der Waals surface area contributed by atoms with E-state index in [9.17, 15) is 4.79 Å². The van der Waals surface area contributed by atoms with Crippen molar-refractivity contribution in [3.63, 3.8) is 0 Å². The van der Waals surface area contributed by atoms with Crippen LogP contribution in [0.1, 0.15) is 0 Å². The maximum absolute atomic E-state index is 11.8. The molecule has 3 heterocycles. The van der Waals surface area contributed by atoms with Crippen molar-refractivity contribution in [2.24, 2.45) is 0 Å². The molecular weight excluding hydrogens is 216 g/mol. The number of hydrogen-bond donors (Lipinski definition) is 1. The summed E-state index contributed by atoms with van der Waals surface area (Å²) in [5.41, 5.74) is 1.94. The number of rotatable bonds is 1. The summed E-state index contributed by atoms with van der Waals surface area (Å²) in [5.74, 6) is 0. The van der Waals surface area contributed by atoms with Crippen molar-refractivity contribution in [2.75, 3.05) is 0 Å². The molecule has 5 heteroatoms. The fourth-order valence-corrected chi connectivity index (χ4v) is 1.62. The summed E-state index contributed by atoms with van der Waals surface area (Å²) in [4.78, 5) is 26.9. The Hall–Kier alpha value is -2.56. The SMILES string of the molecule is O=c1[nH]c2ncccc2nc1-c1cccnc1. The van der Waals surface area contributed by atoms with E-state index in [1.165, 1.54) is 0 Å². The number of hydrogen-bond acceptors (Lipinski definition) is 4. The molecule has 0 fully saturated rings. The predicted molar refractivity (Wildman–Crippen MR) is 63.4 cm³/mol. The first kappa shape index (κ1) is 9.65. The van der Waals surface area contributed by atoms with Gasteiger partial charge in [0.2, 0.25) is 0 Å². The average Bonchev–Trinajstić information content (AvgIpc) is 2.39. The first-order valence-corrected chi connectivity index (χ1v) is 5.10. The molecule has 0 aliphatic carbocycles. The Morgan fingerprint density at radius 2 is 2.00 bits per heavy atom. The first-order valence-electron chi connectivity index (χ1n) is 5.10. The Morgan fingerprint density at radius 1 is 1.12 bits per heavy atom. The van der Waals surface area contributed by atoms with Gasteiger partial charge in [-0.25, -0.2) is 9.97 Å². The molecule has 0 aromatic carbocycles. The second-order valence-electron chi connectivity index (χ2n) is 3.53. The van der Waals surface area contributed by atoms with Gasteiger partial charge in [-0.3, -0.25) is 9.78 Å². The number of H-pyrrole nitrogens is 1. The molecule has 1 N–H and O–H groups in total. The summed E-state index contributed by atoms with van der Waals surface area (Å²) in [5, 5.41) is 0. The third kappa shape index (κ3) is 1.67. The Bertz CT molecular complexity index is 721. The van der Waals surface area contributed by atoms with Gasteiger partial charge in [0.15, 0.2) is 5.65 Å². The number of pyridine rings is 2. The number of fused-ring (bicyclic) bond motifs is 1. The van der Waals surface area contributed by atoms with Crippen molar-refractivity contribution in [2.45, 2.75) is 0 Å². The summed E-state index contributed by atoms with van der Waals surface area (Å²) in [6.45, 7) is 0. The minimum Gasteiger partial charge on any atom is -0.303 e. The highest BCUT2D eigenvalue weighted by Crippen LogP contribution is 2.12. The van der Waals surface area contributed by atoms with Crippen molar-refractivity contribution in [3.8, 4) is 11.3 Å². The lowest BCUT2D eigenvalue weighted by atomic mass is 10.2. The Labute approximate surface area is 96.2 Å². The van der Waals surface area contributed by atoms with Gasteiger partial charge in [0, 0.05) is 24.2 Å². The van der Waals surface area contributed by atoms with Gasteiger partial charge in [-0.05, 0) is 24.3 Å². The van der Waals surface area contributed by atoms with Crippen LogP contribution in [0.3, 0.4) is 0 Å². The van der Waals surface area contributed by atoms with Crippen LogP contribution in [0.25, 0.3) is 22.4 Å². The van der Waals surface area contributed by atoms with Crippen molar-refractivity contribution >= 4 is 11.2 Å². The molecule has 17 heavy (non-hydrogen) atoms. The van der Waals surface area contributed by atoms with Gasteiger partial charge in [-0.1, -0.05) is 0 Å². The van der Waals surface area contributed by atoms with E-state index in [2.05, 4.69) is 19.9 Å². The van der Waals surface area contributed by atoms with Gasteiger partial charge in [0.05, 0.1) is 0 Å². The third-order valence-electron chi connectivity index (χ3n) is 2.40. The maximum Gasteiger partial charge on any atom is 0.276 e. The quantitative estimate of drug-likeness (QED) is 0.677. The molecule has 82 valence electrons. The average molecular weight is 224 g/mol. The van der Waals surface area contributed by atoms with E-state index in [0.717, 1.165) is 0 Å². The summed E-state index contributed by atoms with van der Waals surface area (Å²) >= 11 is 0. The predicted octanol–water partition coefficient (Wildman–Crippen LogP) is 1.38. The van der Waals surface area contributed by atoms with Crippen LogP contribution in [0.2, 0.25) is 0 Å². The molecule has 0 amide bonds. The highest BCUT2D eigenvalue weighted by molar-refractivity contribution is 5.72. The summed E-state index contributed by atoms with van der Waals surface area (Å²) in [6, 6.07) is 7.15. The van der Waals surface area contributed by atoms with Crippen LogP contribution in [-0.4, -0.2) is 19.9 Å². The van der Waals surface area contributed by atoms with Crippen LogP contribution in [0.4, 0.5) is 0 Å². The van der Waals surface area contributed by atoms with Crippen molar-refractivity contribution < 1.29 is 0 Å². The van der Waals surface area contributed by atoms with Crippen LogP contribution in [-0.2, 0) is 0 Å². The lowest BCUT2D eigenvalue weighted by molar-refractivity contribution is 1.17. The molecule has 0 radical (unpaired) electrons. The molecule has 3 aromatic rings. The van der Waals surface area contributed by atoms with Gasteiger partial charge in [0.25, 0.3) is 5.56 Å². The fraction of sp³-hybridized carbons (Fsp3) is 0. The first-order chi connectivity index (χ1) is 8.34. The lowest BCUT2D eigenvalue weighted by Crippen LogP contribution is -2.12. The van der Waals surface area contributed by atoms with E-state index in [4.69, 9.17) is 0 Å². The second-order valence-corrected chi connectivity index (χ2v) is 3.53. The van der Waals surface area contributed by atoms with Gasteiger partial charge in [-0.2, -0.15) is 0 Å². The summed E-state index contributed by atoms with van der Waals surface area (Å²) < 4.78 is 0. The molecule has 0 spiro atoms. The van der Waals surface area contributed by atoms with E-state index in [1.54, 1.807) is 42.9 Å². The van der Waals surface area contributed by atoms with E-state index < -0.39 is 0 Å². The van der Waals surface area contributed by atoms with Gasteiger partial charge < -0.3 is 4.98 Å². The molecule has 3 aromatic heterocycles. The Morgan fingerprint density at radius 3 is 2.82 bits per heavy atom. The molecule has 0 bridgehead atoms. The number of aromatic nitrogens is 4. The number of aromatic amines is 1. The van der Waals surface area contributed by atoms with Gasteiger partial charge in [-0.15, -0.1) is 0 Å². The van der Waals surface area contributed by atoms with Crippen LogP contribution in [0.15, 0.2) is 47.7 Å². The smallest absolute Gasteiger partial charge is 0.276 e. The largest absolute Gasteiger partial charge is 0.303 e. The summed E-state index contributed by atoms with van der Waals surface area (Å²) in [7, 11) is 0. The number of nitrogens with one attached hydrogen (secondary N) is 1. The van der Waals surface area contributed by atoms with E-state index in [-0.39, 0.29) is 5.56 Å². The zero-order valence-corrected chi connectivity index (χ0v) is 8.79. The molecule has 0 saturated carbocycles. The van der Waals surface area contributed by atoms with Crippen LogP contribution >= 0.6 is 0 Å². The summed E-state index contributed by atoms with van der Waals surface area (Å²) in [6.07, 6.45) is 4.88. The van der Waals surface area contributed by atoms with Crippen molar-refractivity contribution in [3.05, 3.63) is 53.2 Å². The monoisotopic (exact) mass is 224 g/mol. The molecule has 3 rings (SSSR count). The van der Waals surface area contributed by atoms with E-state index in [0.29, 0.717) is 22.4 Å².